The molecule has 2 aliphatic rings. The van der Waals surface area contributed by atoms with Crippen molar-refractivity contribution in [2.45, 2.75) is 37.6 Å². The molecule has 0 aromatic heterocycles. The van der Waals surface area contributed by atoms with E-state index in [0.29, 0.717) is 37.0 Å². The lowest BCUT2D eigenvalue weighted by Gasteiger charge is -2.20. The highest BCUT2D eigenvalue weighted by molar-refractivity contribution is 7.89. The van der Waals surface area contributed by atoms with Gasteiger partial charge in [0, 0.05) is 37.8 Å². The Balaban J connectivity index is 0.00000243. The summed E-state index contributed by atoms with van der Waals surface area (Å²) in [4.78, 5) is 14.8. The van der Waals surface area contributed by atoms with Crippen LogP contribution < -0.4 is 5.73 Å². The maximum Gasteiger partial charge on any atom is 0.253 e. The minimum Gasteiger partial charge on any atom is -0.338 e. The highest BCUT2D eigenvalue weighted by atomic mass is 35.5. The Morgan fingerprint density at radius 3 is 2.31 bits per heavy atom. The van der Waals surface area contributed by atoms with Gasteiger partial charge in [-0.15, -0.1) is 12.4 Å². The highest BCUT2D eigenvalue weighted by Crippen LogP contribution is 2.37. The van der Waals surface area contributed by atoms with Gasteiger partial charge in [-0.3, -0.25) is 4.79 Å². The van der Waals surface area contributed by atoms with Crippen LogP contribution in [0.1, 0.15) is 37.0 Å². The lowest BCUT2D eigenvalue weighted by molar-refractivity contribution is 0.0779. The summed E-state index contributed by atoms with van der Waals surface area (Å²) in [5, 5.41) is 0. The fourth-order valence-corrected chi connectivity index (χ4v) is 5.60. The second kappa shape index (κ2) is 8.25. The quantitative estimate of drug-likeness (QED) is 0.817. The van der Waals surface area contributed by atoms with Crippen molar-refractivity contribution in [2.24, 2.45) is 17.6 Å². The van der Waals surface area contributed by atoms with E-state index < -0.39 is 10.0 Å². The predicted molar refractivity (Wildman–Crippen MR) is 104 cm³/mol. The van der Waals surface area contributed by atoms with Gasteiger partial charge < -0.3 is 10.6 Å². The van der Waals surface area contributed by atoms with Gasteiger partial charge in [-0.05, 0) is 48.9 Å². The molecular weight excluding hydrogens is 374 g/mol. The second-order valence-electron chi connectivity index (χ2n) is 6.99. The Kier molecular flexibility index (Phi) is 6.71. The van der Waals surface area contributed by atoms with Gasteiger partial charge in [0.2, 0.25) is 10.0 Å². The molecule has 6 nitrogen and oxygen atoms in total. The summed E-state index contributed by atoms with van der Waals surface area (Å²) >= 11 is 0. The van der Waals surface area contributed by atoms with Crippen LogP contribution in [-0.2, 0) is 10.0 Å². The zero-order chi connectivity index (χ0) is 18.2. The number of amides is 1. The second-order valence-corrected chi connectivity index (χ2v) is 8.93. The van der Waals surface area contributed by atoms with Crippen LogP contribution in [0.15, 0.2) is 29.2 Å². The van der Waals surface area contributed by atoms with Crippen molar-refractivity contribution in [3.63, 3.8) is 0 Å². The Labute approximate surface area is 162 Å². The Morgan fingerprint density at radius 1 is 1.15 bits per heavy atom. The van der Waals surface area contributed by atoms with E-state index in [1.165, 1.54) is 16.4 Å². The van der Waals surface area contributed by atoms with Gasteiger partial charge in [-0.25, -0.2) is 8.42 Å². The maximum atomic E-state index is 12.7. The monoisotopic (exact) mass is 401 g/mol. The Morgan fingerprint density at radius 2 is 1.77 bits per heavy atom. The molecule has 0 radical (unpaired) electrons. The Bertz CT molecular complexity index is 735. The predicted octanol–water partition coefficient (Wildman–Crippen LogP) is 1.95. The molecule has 1 saturated heterocycles. The number of fused-ring (bicyclic) bond motifs is 1. The highest BCUT2D eigenvalue weighted by Gasteiger charge is 2.42. The van der Waals surface area contributed by atoms with Crippen LogP contribution in [0.2, 0.25) is 0 Å². The van der Waals surface area contributed by atoms with E-state index in [0.717, 1.165) is 19.4 Å². The zero-order valence-corrected chi connectivity index (χ0v) is 16.9. The molecule has 26 heavy (non-hydrogen) atoms. The number of rotatable bonds is 5. The van der Waals surface area contributed by atoms with E-state index in [1.807, 2.05) is 18.7 Å². The molecule has 1 amide bonds. The van der Waals surface area contributed by atoms with Crippen molar-refractivity contribution in [1.82, 2.24) is 9.21 Å². The van der Waals surface area contributed by atoms with Gasteiger partial charge in [-0.1, -0.05) is 13.8 Å². The van der Waals surface area contributed by atoms with Crippen LogP contribution in [0.5, 0.6) is 0 Å². The fraction of sp³-hybridized carbons (Fsp3) is 0.611. The van der Waals surface area contributed by atoms with Gasteiger partial charge in [-0.2, -0.15) is 4.31 Å². The first-order valence-corrected chi connectivity index (χ1v) is 10.5. The van der Waals surface area contributed by atoms with Crippen molar-refractivity contribution >= 4 is 28.3 Å². The van der Waals surface area contributed by atoms with E-state index in [1.54, 1.807) is 12.1 Å². The third-order valence-electron chi connectivity index (χ3n) is 5.64. The number of carbonyl (C=O) groups is 1. The first-order chi connectivity index (χ1) is 11.9. The van der Waals surface area contributed by atoms with E-state index in [2.05, 4.69) is 0 Å². The third kappa shape index (κ3) is 3.76. The number of likely N-dealkylation sites (tertiary alicyclic amines) is 1. The Hall–Kier alpha value is -1.15. The lowest BCUT2D eigenvalue weighted by atomic mass is 9.98. The van der Waals surface area contributed by atoms with Gasteiger partial charge >= 0.3 is 0 Å². The number of hydrogen-bond donors (Lipinski definition) is 1. The summed E-state index contributed by atoms with van der Waals surface area (Å²) in [5.74, 6) is 0.890. The van der Waals surface area contributed by atoms with Crippen LogP contribution in [0.3, 0.4) is 0 Å². The van der Waals surface area contributed by atoms with Crippen LogP contribution >= 0.6 is 12.4 Å². The number of hydrogen-bond acceptors (Lipinski definition) is 4. The van der Waals surface area contributed by atoms with Crippen molar-refractivity contribution in [3.8, 4) is 0 Å². The number of nitrogens with zero attached hydrogens (tertiary/aromatic N) is 2. The molecule has 146 valence electrons. The molecule has 1 saturated carbocycles. The molecule has 1 aliphatic carbocycles. The maximum absolute atomic E-state index is 12.7. The van der Waals surface area contributed by atoms with Gasteiger partial charge in [0.1, 0.15) is 0 Å². The molecule has 2 fully saturated rings. The summed E-state index contributed by atoms with van der Waals surface area (Å²) < 4.78 is 26.4. The third-order valence-corrected chi connectivity index (χ3v) is 7.71. The number of nitrogens with two attached hydrogens (primary N) is 1. The van der Waals surface area contributed by atoms with Gasteiger partial charge in [0.15, 0.2) is 0 Å². The summed E-state index contributed by atoms with van der Waals surface area (Å²) in [7, 11) is -3.49. The van der Waals surface area contributed by atoms with Crippen LogP contribution in [-0.4, -0.2) is 55.8 Å². The minimum absolute atomic E-state index is 0. The van der Waals surface area contributed by atoms with E-state index >= 15 is 0 Å². The standard InChI is InChI=1S/C18H27N3O3S.ClH/c1-3-21(4-2)25(23,24)15-8-5-13(6-9-15)18(22)20-11-14-7-10-17(19)16(14)12-20;/h5-6,8-9,14,16-17H,3-4,7,10-12,19H2,1-2H3;1H. The average molecular weight is 402 g/mol. The first kappa shape index (κ1) is 21.2. The number of benzene rings is 1. The van der Waals surface area contributed by atoms with E-state index in [4.69, 9.17) is 5.73 Å². The largest absolute Gasteiger partial charge is 0.338 e. The molecule has 3 unspecified atom stereocenters. The van der Waals surface area contributed by atoms with Crippen LogP contribution in [0, 0.1) is 11.8 Å². The molecule has 0 spiro atoms. The minimum atomic E-state index is -3.49. The van der Waals surface area contributed by atoms with Crippen LogP contribution in [0.25, 0.3) is 0 Å². The lowest BCUT2D eigenvalue weighted by Crippen LogP contribution is -2.33. The molecule has 1 aromatic rings. The number of carbonyl (C=O) groups excluding carboxylic acids is 1. The molecule has 1 heterocycles. The van der Waals surface area contributed by atoms with Gasteiger partial charge in [0.05, 0.1) is 4.90 Å². The molecular formula is C18H28ClN3O3S. The fourth-order valence-electron chi connectivity index (χ4n) is 4.14. The summed E-state index contributed by atoms with van der Waals surface area (Å²) in [6, 6.07) is 6.50. The van der Waals surface area contributed by atoms with E-state index in [-0.39, 0.29) is 29.3 Å². The van der Waals surface area contributed by atoms with Crippen molar-refractivity contribution in [1.29, 1.82) is 0 Å². The topological polar surface area (TPSA) is 83.7 Å². The molecule has 1 aromatic carbocycles. The summed E-state index contributed by atoms with van der Waals surface area (Å²) in [6.45, 7) is 5.95. The van der Waals surface area contributed by atoms with Gasteiger partial charge in [0.25, 0.3) is 5.91 Å². The average Bonchev–Trinajstić information content (AvgIpc) is 3.17. The number of halogens is 1. The van der Waals surface area contributed by atoms with Crippen molar-refractivity contribution in [3.05, 3.63) is 29.8 Å². The molecule has 3 atom stereocenters. The van der Waals surface area contributed by atoms with E-state index in [9.17, 15) is 13.2 Å². The van der Waals surface area contributed by atoms with Crippen molar-refractivity contribution < 1.29 is 13.2 Å². The molecule has 0 bridgehead atoms. The van der Waals surface area contributed by atoms with Crippen molar-refractivity contribution in [2.75, 3.05) is 26.2 Å². The smallest absolute Gasteiger partial charge is 0.253 e. The molecule has 8 heteroatoms. The normalized spacial score (nSPS) is 25.2. The molecule has 3 rings (SSSR count). The zero-order valence-electron chi connectivity index (χ0n) is 15.3. The SMILES string of the molecule is CCN(CC)S(=O)(=O)c1ccc(C(=O)N2CC3CCC(N)C3C2)cc1.Cl. The summed E-state index contributed by atoms with van der Waals surface area (Å²) in [6.07, 6.45) is 2.14. The summed E-state index contributed by atoms with van der Waals surface area (Å²) in [5.41, 5.74) is 6.67. The number of sulfonamides is 1. The first-order valence-electron chi connectivity index (χ1n) is 9.03. The molecule has 1 aliphatic heterocycles. The van der Waals surface area contributed by atoms with Crippen LogP contribution in [0.4, 0.5) is 0 Å². The molecule has 2 N–H and O–H groups in total.